The fourth-order valence-electron chi connectivity index (χ4n) is 2.55. The Hall–Kier alpha value is -1.47. The molecular weight excluding hydrogens is 319 g/mol. The molecule has 1 saturated heterocycles. The smallest absolute Gasteiger partial charge is 0.254 e. The molecule has 1 heterocycles. The van der Waals surface area contributed by atoms with Crippen molar-refractivity contribution < 1.29 is 17.6 Å². The van der Waals surface area contributed by atoms with E-state index in [9.17, 15) is 17.6 Å². The zero-order valence-corrected chi connectivity index (χ0v) is 14.3. The molecule has 1 N–H and O–H groups in total. The molecule has 1 aliphatic rings. The summed E-state index contributed by atoms with van der Waals surface area (Å²) in [6.45, 7) is 5.31. The number of hydrogen-bond donors (Lipinski definition) is 1. The molecule has 0 radical (unpaired) electrons. The Morgan fingerprint density at radius 2 is 2.00 bits per heavy atom. The lowest BCUT2D eigenvalue weighted by atomic mass is 10.0. The second-order valence-electron chi connectivity index (χ2n) is 5.98. The van der Waals surface area contributed by atoms with Gasteiger partial charge in [0.25, 0.3) is 5.91 Å². The van der Waals surface area contributed by atoms with Crippen molar-refractivity contribution in [2.45, 2.75) is 38.0 Å². The summed E-state index contributed by atoms with van der Waals surface area (Å²) < 4.78 is 40.6. The minimum atomic E-state index is -3.69. The molecule has 1 fully saturated rings. The zero-order chi connectivity index (χ0) is 17.0. The first-order chi connectivity index (χ1) is 10.9. The fourth-order valence-corrected chi connectivity index (χ4v) is 4.04. The molecule has 0 saturated carbocycles. The van der Waals surface area contributed by atoms with Crippen molar-refractivity contribution in [2.24, 2.45) is 5.92 Å². The van der Waals surface area contributed by atoms with Crippen molar-refractivity contribution in [1.29, 1.82) is 0 Å². The van der Waals surface area contributed by atoms with Gasteiger partial charge in [0.1, 0.15) is 5.82 Å². The van der Waals surface area contributed by atoms with E-state index in [0.717, 1.165) is 31.4 Å². The van der Waals surface area contributed by atoms with Crippen molar-refractivity contribution in [2.75, 3.05) is 19.6 Å². The van der Waals surface area contributed by atoms with Gasteiger partial charge in [0.2, 0.25) is 10.0 Å². The lowest BCUT2D eigenvalue weighted by Crippen LogP contribution is -2.38. The Morgan fingerprint density at radius 1 is 1.35 bits per heavy atom. The van der Waals surface area contributed by atoms with E-state index in [0.29, 0.717) is 25.6 Å². The summed E-state index contributed by atoms with van der Waals surface area (Å²) in [7, 11) is -3.69. The molecule has 0 aromatic heterocycles. The monoisotopic (exact) mass is 342 g/mol. The molecule has 1 aromatic rings. The lowest BCUT2D eigenvalue weighted by Gasteiger charge is -2.29. The van der Waals surface area contributed by atoms with Crippen LogP contribution >= 0.6 is 0 Å². The summed E-state index contributed by atoms with van der Waals surface area (Å²) in [5.74, 6) is -0.802. The molecule has 0 bridgehead atoms. The highest BCUT2D eigenvalue weighted by Crippen LogP contribution is 2.24. The molecule has 2 rings (SSSR count). The van der Waals surface area contributed by atoms with Gasteiger partial charge < -0.3 is 5.32 Å². The SMILES string of the molecule is CCCNC(=O)c1cc(S(=O)(=O)N2CCC(C)CC2)ccc1F. The normalized spacial score (nSPS) is 17.2. The molecule has 0 unspecified atom stereocenters. The molecule has 23 heavy (non-hydrogen) atoms. The van der Waals surface area contributed by atoms with E-state index in [-0.39, 0.29) is 10.5 Å². The molecule has 0 aliphatic carbocycles. The number of carbonyl (C=O) groups is 1. The lowest BCUT2D eigenvalue weighted by molar-refractivity contribution is 0.0949. The van der Waals surface area contributed by atoms with Gasteiger partial charge in [0.15, 0.2) is 0 Å². The second kappa shape index (κ2) is 7.40. The molecule has 1 amide bonds. The predicted molar refractivity (Wildman–Crippen MR) is 86.2 cm³/mol. The van der Waals surface area contributed by atoms with Crippen LogP contribution in [0.3, 0.4) is 0 Å². The van der Waals surface area contributed by atoms with Crippen LogP contribution in [-0.2, 0) is 10.0 Å². The third kappa shape index (κ3) is 4.09. The largest absolute Gasteiger partial charge is 0.352 e. The Bertz CT molecular complexity index is 668. The molecule has 1 aliphatic heterocycles. The minimum absolute atomic E-state index is 0.0323. The molecule has 5 nitrogen and oxygen atoms in total. The third-order valence-electron chi connectivity index (χ3n) is 4.10. The van der Waals surface area contributed by atoms with E-state index in [1.165, 1.54) is 10.4 Å². The quantitative estimate of drug-likeness (QED) is 0.893. The zero-order valence-electron chi connectivity index (χ0n) is 13.5. The maximum absolute atomic E-state index is 13.9. The maximum atomic E-state index is 13.9. The average Bonchev–Trinajstić information content (AvgIpc) is 2.53. The standard InChI is InChI=1S/C16H23FN2O3S/c1-3-8-18-16(20)14-11-13(4-5-15(14)17)23(21,22)19-9-6-12(2)7-10-19/h4-5,11-12H,3,6-10H2,1-2H3,(H,18,20). The van der Waals surface area contributed by atoms with Crippen molar-refractivity contribution in [1.82, 2.24) is 9.62 Å². The molecule has 0 spiro atoms. The van der Waals surface area contributed by atoms with Crippen LogP contribution in [-0.4, -0.2) is 38.3 Å². The molecule has 1 aromatic carbocycles. The Balaban J connectivity index is 2.27. The van der Waals surface area contributed by atoms with E-state index in [1.54, 1.807) is 0 Å². The predicted octanol–water partition coefficient (Wildman–Crippen LogP) is 2.39. The van der Waals surface area contributed by atoms with Crippen LogP contribution in [0.15, 0.2) is 23.1 Å². The highest BCUT2D eigenvalue weighted by Gasteiger charge is 2.29. The van der Waals surface area contributed by atoms with Crippen molar-refractivity contribution in [3.8, 4) is 0 Å². The number of benzene rings is 1. The van der Waals surface area contributed by atoms with Crippen molar-refractivity contribution >= 4 is 15.9 Å². The third-order valence-corrected chi connectivity index (χ3v) is 5.99. The van der Waals surface area contributed by atoms with Gasteiger partial charge in [-0.15, -0.1) is 0 Å². The summed E-state index contributed by atoms with van der Waals surface area (Å²) in [5.41, 5.74) is -0.232. The Kier molecular flexibility index (Phi) is 5.75. The van der Waals surface area contributed by atoms with Crippen LogP contribution in [0.5, 0.6) is 0 Å². The summed E-state index contributed by atoms with van der Waals surface area (Å²) in [4.78, 5) is 11.9. The van der Waals surface area contributed by atoms with Crippen LogP contribution < -0.4 is 5.32 Å². The van der Waals surface area contributed by atoms with Gasteiger partial charge in [-0.3, -0.25) is 4.79 Å². The fraction of sp³-hybridized carbons (Fsp3) is 0.562. The van der Waals surface area contributed by atoms with Crippen LogP contribution in [0.4, 0.5) is 4.39 Å². The summed E-state index contributed by atoms with van der Waals surface area (Å²) in [6, 6.07) is 3.40. The first-order valence-electron chi connectivity index (χ1n) is 7.94. The number of nitrogens with one attached hydrogen (secondary N) is 1. The van der Waals surface area contributed by atoms with Gasteiger partial charge >= 0.3 is 0 Å². The van der Waals surface area contributed by atoms with Crippen LogP contribution in [0, 0.1) is 11.7 Å². The number of rotatable bonds is 5. The van der Waals surface area contributed by atoms with Crippen molar-refractivity contribution in [3.63, 3.8) is 0 Å². The number of piperidine rings is 1. The van der Waals surface area contributed by atoms with Gasteiger partial charge in [0.05, 0.1) is 10.5 Å². The van der Waals surface area contributed by atoms with Gasteiger partial charge in [0, 0.05) is 19.6 Å². The van der Waals surface area contributed by atoms with Crippen molar-refractivity contribution in [3.05, 3.63) is 29.6 Å². The average molecular weight is 342 g/mol. The van der Waals surface area contributed by atoms with Crippen LogP contribution in [0.2, 0.25) is 0 Å². The number of sulfonamides is 1. The number of amides is 1. The van der Waals surface area contributed by atoms with Crippen LogP contribution in [0.1, 0.15) is 43.5 Å². The number of nitrogens with zero attached hydrogens (tertiary/aromatic N) is 1. The van der Waals surface area contributed by atoms with E-state index >= 15 is 0 Å². The highest BCUT2D eigenvalue weighted by atomic mass is 32.2. The number of carbonyl (C=O) groups excluding carboxylic acids is 1. The second-order valence-corrected chi connectivity index (χ2v) is 7.92. The van der Waals surface area contributed by atoms with E-state index in [4.69, 9.17) is 0 Å². The number of hydrogen-bond acceptors (Lipinski definition) is 3. The molecular formula is C16H23FN2O3S. The Morgan fingerprint density at radius 3 is 2.61 bits per heavy atom. The van der Waals surface area contributed by atoms with Gasteiger partial charge in [-0.05, 0) is 43.4 Å². The van der Waals surface area contributed by atoms with E-state index in [2.05, 4.69) is 12.2 Å². The van der Waals surface area contributed by atoms with Crippen LogP contribution in [0.25, 0.3) is 0 Å². The minimum Gasteiger partial charge on any atom is -0.352 e. The van der Waals surface area contributed by atoms with E-state index in [1.807, 2.05) is 6.92 Å². The van der Waals surface area contributed by atoms with Gasteiger partial charge in [-0.1, -0.05) is 13.8 Å². The molecule has 128 valence electrons. The highest BCUT2D eigenvalue weighted by molar-refractivity contribution is 7.89. The van der Waals surface area contributed by atoms with E-state index < -0.39 is 21.7 Å². The molecule has 0 atom stereocenters. The van der Waals surface area contributed by atoms with Gasteiger partial charge in [-0.2, -0.15) is 4.31 Å². The summed E-state index contributed by atoms with van der Waals surface area (Å²) >= 11 is 0. The first-order valence-corrected chi connectivity index (χ1v) is 9.38. The first kappa shape index (κ1) is 17.9. The number of halogens is 1. The maximum Gasteiger partial charge on any atom is 0.254 e. The van der Waals surface area contributed by atoms with Gasteiger partial charge in [-0.25, -0.2) is 12.8 Å². The topological polar surface area (TPSA) is 66.5 Å². The Labute approximate surface area is 136 Å². The summed E-state index contributed by atoms with van der Waals surface area (Å²) in [5, 5.41) is 2.57. The summed E-state index contributed by atoms with van der Waals surface area (Å²) in [6.07, 6.45) is 2.34. The molecule has 7 heteroatoms.